The highest BCUT2D eigenvalue weighted by atomic mass is 16.4. The molecule has 6 N–H and O–H groups in total. The van der Waals surface area contributed by atoms with Crippen LogP contribution in [-0.4, -0.2) is 64.9 Å². The maximum Gasteiger partial charge on any atom is 0.326 e. The van der Waals surface area contributed by atoms with Crippen molar-refractivity contribution in [3.63, 3.8) is 0 Å². The van der Waals surface area contributed by atoms with Crippen molar-refractivity contribution in [3.05, 3.63) is 0 Å². The van der Waals surface area contributed by atoms with Crippen LogP contribution in [0, 0.1) is 0 Å². The van der Waals surface area contributed by atoms with Gasteiger partial charge in [0.2, 0.25) is 11.8 Å². The van der Waals surface area contributed by atoms with E-state index in [4.69, 9.17) is 15.3 Å². The number of amides is 2. The lowest BCUT2D eigenvalue weighted by Crippen LogP contribution is -2.43. The van der Waals surface area contributed by atoms with Crippen LogP contribution in [0.4, 0.5) is 0 Å². The van der Waals surface area contributed by atoms with Crippen molar-refractivity contribution in [2.24, 2.45) is 0 Å². The molecule has 0 unspecified atom stereocenters. The Morgan fingerprint density at radius 3 is 1.86 bits per heavy atom. The zero-order valence-corrected chi connectivity index (χ0v) is 12.2. The molecule has 2 amide bonds. The van der Waals surface area contributed by atoms with Gasteiger partial charge in [0.05, 0.1) is 6.73 Å². The summed E-state index contributed by atoms with van der Waals surface area (Å²) in [4.78, 5) is 44.5. The van der Waals surface area contributed by atoms with Gasteiger partial charge in [0, 0.05) is 19.9 Å². The summed E-state index contributed by atoms with van der Waals surface area (Å²) in [5, 5.41) is 33.2. The van der Waals surface area contributed by atoms with E-state index in [0.717, 1.165) is 0 Å². The van der Waals surface area contributed by atoms with E-state index in [9.17, 15) is 19.2 Å². The molecule has 0 aliphatic carbocycles. The summed E-state index contributed by atoms with van der Waals surface area (Å²) in [6.07, 6.45) is -0.465. The van der Waals surface area contributed by atoms with Gasteiger partial charge in [-0.3, -0.25) is 19.7 Å². The van der Waals surface area contributed by atoms with Crippen LogP contribution in [0.5, 0.6) is 0 Å². The second-order valence-electron chi connectivity index (χ2n) is 4.46. The molecule has 0 rings (SSSR count). The maximum absolute atomic E-state index is 11.6. The summed E-state index contributed by atoms with van der Waals surface area (Å²) in [6, 6.07) is -2.33. The van der Waals surface area contributed by atoms with Gasteiger partial charge in [-0.2, -0.15) is 0 Å². The number of aliphatic carboxylic acids is 2. The van der Waals surface area contributed by atoms with Crippen LogP contribution in [0.15, 0.2) is 0 Å². The van der Waals surface area contributed by atoms with Gasteiger partial charge in [-0.15, -0.1) is 0 Å². The van der Waals surface area contributed by atoms with Gasteiger partial charge in [0.15, 0.2) is 0 Å². The van der Waals surface area contributed by atoms with Crippen molar-refractivity contribution in [2.45, 2.75) is 37.8 Å². The normalized spacial score (nSPS) is 13.0. The third-order valence-corrected chi connectivity index (χ3v) is 2.87. The summed E-state index contributed by atoms with van der Waals surface area (Å²) in [6.45, 7) is -0.553. The molecule has 0 aromatic heterocycles. The first-order valence-electron chi connectivity index (χ1n) is 6.61. The summed E-state index contributed by atoms with van der Waals surface area (Å²) in [7, 11) is 1.41. The van der Waals surface area contributed by atoms with Gasteiger partial charge in [0.1, 0.15) is 12.1 Å². The van der Waals surface area contributed by atoms with E-state index in [1.54, 1.807) is 0 Å². The van der Waals surface area contributed by atoms with Crippen molar-refractivity contribution in [1.29, 1.82) is 0 Å². The quantitative estimate of drug-likeness (QED) is 0.235. The van der Waals surface area contributed by atoms with Gasteiger partial charge >= 0.3 is 11.9 Å². The molecule has 2 atom stereocenters. The molecule has 10 heteroatoms. The molecule has 0 fully saturated rings. The Bertz CT molecular complexity index is 414. The fourth-order valence-corrected chi connectivity index (χ4v) is 1.62. The molecule has 22 heavy (non-hydrogen) atoms. The molecular weight excluding hydrogens is 298 g/mol. The number of carbonyl (C=O) groups is 4. The molecule has 0 bridgehead atoms. The summed E-state index contributed by atoms with van der Waals surface area (Å²) in [5.41, 5.74) is 0. The van der Waals surface area contributed by atoms with Gasteiger partial charge < -0.3 is 26.0 Å². The minimum atomic E-state index is -1.28. The van der Waals surface area contributed by atoms with E-state index in [0.29, 0.717) is 0 Å². The average Bonchev–Trinajstić information content (AvgIpc) is 2.46. The highest BCUT2D eigenvalue weighted by Gasteiger charge is 2.22. The molecule has 0 aromatic rings. The molecule has 0 aliphatic rings. The van der Waals surface area contributed by atoms with Crippen LogP contribution in [0.25, 0.3) is 0 Å². The van der Waals surface area contributed by atoms with Gasteiger partial charge in [-0.25, -0.2) is 4.79 Å². The Morgan fingerprint density at radius 2 is 1.41 bits per heavy atom. The zero-order valence-electron chi connectivity index (χ0n) is 12.2. The first-order chi connectivity index (χ1) is 10.3. The van der Waals surface area contributed by atoms with E-state index in [1.807, 2.05) is 0 Å². The molecule has 0 saturated heterocycles. The van der Waals surface area contributed by atoms with E-state index in [1.165, 1.54) is 7.05 Å². The standard InChI is InChI=1S/C12H21N3O7/c1-13-9(17)4-3-8(12(21)22)15-10(18)5-2-7(11(19)20)14-6-16/h7-8,14,16H,2-6H2,1H3,(H,13,17)(H,15,18)(H,19,20)(H,21,22)/t7-,8-/m0/s1. The fraction of sp³-hybridized carbons (Fsp3) is 0.667. The number of carbonyl (C=O) groups excluding carboxylic acids is 2. The number of rotatable bonds is 11. The minimum absolute atomic E-state index is 0.0580. The molecule has 0 saturated carbocycles. The molecule has 10 nitrogen and oxygen atoms in total. The predicted octanol–water partition coefficient (Wildman–Crippen LogP) is -2.15. The van der Waals surface area contributed by atoms with E-state index in [2.05, 4.69) is 16.0 Å². The highest BCUT2D eigenvalue weighted by Crippen LogP contribution is 2.02. The molecule has 0 heterocycles. The van der Waals surface area contributed by atoms with Crippen molar-refractivity contribution in [3.8, 4) is 0 Å². The first kappa shape index (κ1) is 19.8. The number of hydrogen-bond donors (Lipinski definition) is 6. The van der Waals surface area contributed by atoms with E-state index < -0.39 is 36.7 Å². The second-order valence-corrected chi connectivity index (χ2v) is 4.46. The molecular formula is C12H21N3O7. The molecule has 0 aliphatic heterocycles. The number of carboxylic acids is 2. The van der Waals surface area contributed by atoms with Crippen LogP contribution < -0.4 is 16.0 Å². The van der Waals surface area contributed by atoms with Crippen molar-refractivity contribution >= 4 is 23.8 Å². The Kier molecular flexibility index (Phi) is 9.46. The number of nitrogens with one attached hydrogen (secondary N) is 3. The summed E-state index contributed by atoms with van der Waals surface area (Å²) in [5.74, 6) is -3.49. The lowest BCUT2D eigenvalue weighted by molar-refractivity contribution is -0.143. The minimum Gasteiger partial charge on any atom is -0.480 e. The fourth-order valence-electron chi connectivity index (χ4n) is 1.62. The first-order valence-corrected chi connectivity index (χ1v) is 6.61. The summed E-state index contributed by atoms with van der Waals surface area (Å²) < 4.78 is 0. The van der Waals surface area contributed by atoms with Crippen LogP contribution in [0.2, 0.25) is 0 Å². The maximum atomic E-state index is 11.6. The average molecular weight is 319 g/mol. The van der Waals surface area contributed by atoms with Crippen molar-refractivity contribution in [2.75, 3.05) is 13.8 Å². The van der Waals surface area contributed by atoms with Gasteiger partial charge in [-0.1, -0.05) is 0 Å². The van der Waals surface area contributed by atoms with Crippen LogP contribution >= 0.6 is 0 Å². The SMILES string of the molecule is CNC(=O)CC[C@H](NC(=O)CC[C@H](NCO)C(=O)O)C(=O)O. The van der Waals surface area contributed by atoms with Gasteiger partial charge in [0.25, 0.3) is 0 Å². The zero-order chi connectivity index (χ0) is 17.1. The molecule has 126 valence electrons. The second kappa shape index (κ2) is 10.5. The molecule has 0 radical (unpaired) electrons. The van der Waals surface area contributed by atoms with E-state index in [-0.39, 0.29) is 31.6 Å². The number of aliphatic hydroxyl groups is 1. The van der Waals surface area contributed by atoms with Gasteiger partial charge in [-0.05, 0) is 12.8 Å². The number of hydrogen-bond acceptors (Lipinski definition) is 6. The predicted molar refractivity (Wildman–Crippen MR) is 73.7 cm³/mol. The largest absolute Gasteiger partial charge is 0.480 e. The molecule has 0 aromatic carbocycles. The van der Waals surface area contributed by atoms with Crippen LogP contribution in [-0.2, 0) is 19.2 Å². The van der Waals surface area contributed by atoms with E-state index >= 15 is 0 Å². The Hall–Kier alpha value is -2.20. The monoisotopic (exact) mass is 319 g/mol. The Labute approximate surface area is 126 Å². The summed E-state index contributed by atoms with van der Waals surface area (Å²) >= 11 is 0. The van der Waals surface area contributed by atoms with Crippen molar-refractivity contribution in [1.82, 2.24) is 16.0 Å². The Morgan fingerprint density at radius 1 is 0.909 bits per heavy atom. The lowest BCUT2D eigenvalue weighted by Gasteiger charge is -2.16. The number of carboxylic acid groups (broad SMARTS) is 2. The molecule has 0 spiro atoms. The number of aliphatic hydroxyl groups excluding tert-OH is 1. The topological polar surface area (TPSA) is 165 Å². The van der Waals surface area contributed by atoms with Crippen LogP contribution in [0.3, 0.4) is 0 Å². The third kappa shape index (κ3) is 8.17. The van der Waals surface area contributed by atoms with Crippen molar-refractivity contribution < 1.29 is 34.5 Å². The third-order valence-electron chi connectivity index (χ3n) is 2.87. The lowest BCUT2D eigenvalue weighted by atomic mass is 10.1. The Balaban J connectivity index is 4.36. The van der Waals surface area contributed by atoms with Crippen LogP contribution in [0.1, 0.15) is 25.7 Å². The highest BCUT2D eigenvalue weighted by molar-refractivity contribution is 5.85. The smallest absolute Gasteiger partial charge is 0.326 e.